The van der Waals surface area contributed by atoms with Crippen LogP contribution in [0.2, 0.25) is 0 Å². The number of hydrogen-bond acceptors (Lipinski definition) is 3. The monoisotopic (exact) mass is 792 g/mol. The van der Waals surface area contributed by atoms with Gasteiger partial charge in [0.25, 0.3) is 0 Å². The second kappa shape index (κ2) is 14.1. The van der Waals surface area contributed by atoms with E-state index in [0.717, 1.165) is 72.3 Å². The minimum atomic E-state index is -0.137. The molecule has 62 heavy (non-hydrogen) atoms. The Labute approximate surface area is 360 Å². The molecule has 0 atom stereocenters. The van der Waals surface area contributed by atoms with Gasteiger partial charge in [0.05, 0.1) is 11.4 Å². The highest BCUT2D eigenvalue weighted by Gasteiger charge is 2.35. The zero-order valence-electron chi connectivity index (χ0n) is 34.4. The van der Waals surface area contributed by atoms with E-state index in [2.05, 4.69) is 202 Å². The largest absolute Gasteiger partial charge is 0.456 e. The highest BCUT2D eigenvalue weighted by Crippen LogP contribution is 2.50. The SMILES string of the molecule is CC1(C)c2ccccc2-c2ccc(-c3cc(-c4cc(-c5ccc6oc7ccccc7c6c5)cc(-c5ccccc5-c5cccc6ccccc56)c4)nc(-c4ccccc4)n3)cc21. The summed E-state index contributed by atoms with van der Waals surface area (Å²) < 4.78 is 6.28. The summed E-state index contributed by atoms with van der Waals surface area (Å²) in [5, 5.41) is 4.65. The van der Waals surface area contributed by atoms with Crippen molar-refractivity contribution >= 4 is 32.7 Å². The number of nitrogens with zero attached hydrogens (tertiary/aromatic N) is 2. The number of hydrogen-bond donors (Lipinski definition) is 0. The van der Waals surface area contributed by atoms with Gasteiger partial charge in [0, 0.05) is 32.9 Å². The van der Waals surface area contributed by atoms with Gasteiger partial charge >= 0.3 is 0 Å². The molecule has 12 rings (SSSR count). The van der Waals surface area contributed by atoms with Gasteiger partial charge in [0.2, 0.25) is 0 Å². The first-order valence-electron chi connectivity index (χ1n) is 21.3. The molecule has 292 valence electrons. The van der Waals surface area contributed by atoms with Gasteiger partial charge in [0.15, 0.2) is 5.82 Å². The van der Waals surface area contributed by atoms with Crippen molar-refractivity contribution in [3.8, 4) is 78.4 Å². The molecular weight excluding hydrogens is 753 g/mol. The number of aromatic nitrogens is 2. The Bertz CT molecular complexity index is 3550. The van der Waals surface area contributed by atoms with Gasteiger partial charge in [-0.3, -0.25) is 0 Å². The van der Waals surface area contributed by atoms with E-state index in [1.807, 2.05) is 18.2 Å². The first kappa shape index (κ1) is 36.0. The van der Waals surface area contributed by atoms with Crippen molar-refractivity contribution in [2.24, 2.45) is 0 Å². The molecule has 2 heterocycles. The second-order valence-electron chi connectivity index (χ2n) is 16.9. The number of fused-ring (bicyclic) bond motifs is 7. The van der Waals surface area contributed by atoms with Crippen molar-refractivity contribution in [1.82, 2.24) is 9.97 Å². The Kier molecular flexibility index (Phi) is 8.20. The summed E-state index contributed by atoms with van der Waals surface area (Å²) in [6.07, 6.45) is 0. The molecule has 0 radical (unpaired) electrons. The summed E-state index contributed by atoms with van der Waals surface area (Å²) in [4.78, 5) is 10.7. The Morgan fingerprint density at radius 3 is 1.82 bits per heavy atom. The molecule has 3 heteroatoms. The molecule has 0 saturated carbocycles. The summed E-state index contributed by atoms with van der Waals surface area (Å²) in [7, 11) is 0. The summed E-state index contributed by atoms with van der Waals surface area (Å²) in [6.45, 7) is 4.66. The van der Waals surface area contributed by atoms with Crippen LogP contribution in [-0.4, -0.2) is 9.97 Å². The molecule has 0 amide bonds. The molecule has 2 aromatic heterocycles. The third-order valence-electron chi connectivity index (χ3n) is 12.9. The first-order valence-corrected chi connectivity index (χ1v) is 21.3. The second-order valence-corrected chi connectivity index (χ2v) is 16.9. The molecule has 0 bridgehead atoms. The lowest BCUT2D eigenvalue weighted by Crippen LogP contribution is -2.14. The number of furan rings is 1. The summed E-state index contributed by atoms with van der Waals surface area (Å²) in [5.74, 6) is 0.690. The van der Waals surface area contributed by atoms with Crippen molar-refractivity contribution in [2.75, 3.05) is 0 Å². The average Bonchev–Trinajstić information content (AvgIpc) is 3.82. The van der Waals surface area contributed by atoms with Crippen molar-refractivity contribution < 1.29 is 4.42 Å². The smallest absolute Gasteiger partial charge is 0.160 e. The van der Waals surface area contributed by atoms with Crippen molar-refractivity contribution in [2.45, 2.75) is 19.3 Å². The van der Waals surface area contributed by atoms with E-state index in [1.54, 1.807) is 0 Å². The van der Waals surface area contributed by atoms with Crippen LogP contribution in [0, 0.1) is 0 Å². The standard InChI is InChI=1S/C59H40N2O/c1-59(2)52-25-12-10-22-48(52)49-29-27-40(35-53(49)59)54-36-55(61-58(60-54)38-16-4-3-5-17-38)43-32-41(39-28-30-57-51(34-39)50-23-11-13-26-56(50)62-57)31-42(33-43)45-20-8-9-21-46(45)47-24-14-18-37-15-6-7-19-44(37)47/h3-36H,1-2H3. The van der Waals surface area contributed by atoms with Crippen LogP contribution in [0.3, 0.4) is 0 Å². The molecule has 3 nitrogen and oxygen atoms in total. The maximum Gasteiger partial charge on any atom is 0.160 e. The lowest BCUT2D eigenvalue weighted by molar-refractivity contribution is 0.660. The highest BCUT2D eigenvalue weighted by atomic mass is 16.3. The quantitative estimate of drug-likeness (QED) is 0.168. The predicted octanol–water partition coefficient (Wildman–Crippen LogP) is 15.8. The first-order chi connectivity index (χ1) is 30.5. The van der Waals surface area contributed by atoms with Gasteiger partial charge in [-0.15, -0.1) is 0 Å². The molecule has 0 N–H and O–H groups in total. The molecule has 1 aliphatic carbocycles. The topological polar surface area (TPSA) is 38.9 Å². The Hall–Kier alpha value is -7.88. The van der Waals surface area contributed by atoms with E-state index in [-0.39, 0.29) is 5.41 Å². The predicted molar refractivity (Wildman–Crippen MR) is 257 cm³/mol. The van der Waals surface area contributed by atoms with E-state index < -0.39 is 0 Å². The molecule has 0 saturated heterocycles. The lowest BCUT2D eigenvalue weighted by Gasteiger charge is -2.22. The van der Waals surface area contributed by atoms with Gasteiger partial charge < -0.3 is 4.42 Å². The minimum Gasteiger partial charge on any atom is -0.456 e. The molecule has 0 fully saturated rings. The summed E-state index contributed by atoms with van der Waals surface area (Å²) >= 11 is 0. The molecular formula is C59H40N2O. The number of para-hydroxylation sites is 1. The van der Waals surface area contributed by atoms with E-state index in [4.69, 9.17) is 14.4 Å². The molecule has 1 aliphatic rings. The van der Waals surface area contributed by atoms with Crippen LogP contribution < -0.4 is 0 Å². The number of rotatable bonds is 6. The summed E-state index contributed by atoms with van der Waals surface area (Å²) in [5.41, 5.74) is 18.5. The van der Waals surface area contributed by atoms with E-state index in [0.29, 0.717) is 5.82 Å². The molecule has 0 spiro atoms. The molecule has 9 aromatic carbocycles. The van der Waals surface area contributed by atoms with Crippen LogP contribution in [-0.2, 0) is 5.41 Å². The third-order valence-corrected chi connectivity index (χ3v) is 12.9. The van der Waals surface area contributed by atoms with Crippen LogP contribution >= 0.6 is 0 Å². The Morgan fingerprint density at radius 2 is 0.952 bits per heavy atom. The summed E-state index contributed by atoms with van der Waals surface area (Å²) in [6, 6.07) is 73.9. The van der Waals surface area contributed by atoms with E-state index in [1.165, 1.54) is 44.2 Å². The van der Waals surface area contributed by atoms with Crippen LogP contribution in [0.25, 0.3) is 111 Å². The van der Waals surface area contributed by atoms with E-state index in [9.17, 15) is 0 Å². The average molecular weight is 793 g/mol. The maximum atomic E-state index is 6.28. The fourth-order valence-corrected chi connectivity index (χ4v) is 9.76. The van der Waals surface area contributed by atoms with Crippen LogP contribution in [0.1, 0.15) is 25.0 Å². The normalized spacial score (nSPS) is 12.8. The highest BCUT2D eigenvalue weighted by molar-refractivity contribution is 6.07. The van der Waals surface area contributed by atoms with Gasteiger partial charge in [-0.1, -0.05) is 172 Å². The van der Waals surface area contributed by atoms with Gasteiger partial charge in [-0.2, -0.15) is 0 Å². The molecule has 0 aliphatic heterocycles. The minimum absolute atomic E-state index is 0.137. The van der Waals surface area contributed by atoms with E-state index >= 15 is 0 Å². The molecule has 0 unspecified atom stereocenters. The van der Waals surface area contributed by atoms with Crippen LogP contribution in [0.5, 0.6) is 0 Å². The van der Waals surface area contributed by atoms with Gasteiger partial charge in [-0.25, -0.2) is 9.97 Å². The Balaban J connectivity index is 1.09. The van der Waals surface area contributed by atoms with Gasteiger partial charge in [0.1, 0.15) is 11.2 Å². The Morgan fingerprint density at radius 1 is 0.339 bits per heavy atom. The van der Waals surface area contributed by atoms with Crippen molar-refractivity contribution in [1.29, 1.82) is 0 Å². The third kappa shape index (κ3) is 5.89. The van der Waals surface area contributed by atoms with Crippen LogP contribution in [0.4, 0.5) is 0 Å². The molecule has 11 aromatic rings. The van der Waals surface area contributed by atoms with Crippen LogP contribution in [0.15, 0.2) is 211 Å². The fourth-order valence-electron chi connectivity index (χ4n) is 9.76. The zero-order valence-corrected chi connectivity index (χ0v) is 34.4. The zero-order chi connectivity index (χ0) is 41.4. The van der Waals surface area contributed by atoms with Crippen molar-refractivity contribution in [3.63, 3.8) is 0 Å². The maximum absolute atomic E-state index is 6.28. The lowest BCUT2D eigenvalue weighted by atomic mass is 9.82. The fraction of sp³-hybridized carbons (Fsp3) is 0.0508. The van der Waals surface area contributed by atoms with Gasteiger partial charge in [-0.05, 0) is 115 Å². The number of benzene rings is 9. The van der Waals surface area contributed by atoms with Crippen molar-refractivity contribution in [3.05, 3.63) is 217 Å².